The summed E-state index contributed by atoms with van der Waals surface area (Å²) in [6, 6.07) is 1.94. The first-order valence-electron chi connectivity index (χ1n) is 3.75. The van der Waals surface area contributed by atoms with Gasteiger partial charge in [0.1, 0.15) is 5.82 Å². The van der Waals surface area contributed by atoms with Crippen LogP contribution in [-0.2, 0) is 0 Å². The molecule has 0 unspecified atom stereocenters. The second kappa shape index (κ2) is 4.51. The van der Waals surface area contributed by atoms with Crippen molar-refractivity contribution in [3.05, 3.63) is 44.0 Å². The molecule has 0 amide bonds. The number of benzene rings is 1. The average Bonchev–Trinajstić information content (AvgIpc) is 2.11. The third kappa shape index (κ3) is 2.29. The highest BCUT2D eigenvalue weighted by molar-refractivity contribution is 6.35. The molecular formula is C8H6Cl2FN3. The third-order valence-corrected chi connectivity index (χ3v) is 2.33. The maximum atomic E-state index is 13.0. The molecule has 0 fully saturated rings. The van der Waals surface area contributed by atoms with Crippen molar-refractivity contribution in [2.75, 3.05) is 0 Å². The molecule has 1 aromatic carbocycles. The molecule has 0 saturated heterocycles. The molecule has 0 radical (unpaired) electrons. The van der Waals surface area contributed by atoms with E-state index in [0.29, 0.717) is 5.56 Å². The van der Waals surface area contributed by atoms with Crippen molar-refractivity contribution in [2.45, 2.75) is 13.0 Å². The monoisotopic (exact) mass is 233 g/mol. The van der Waals surface area contributed by atoms with E-state index in [0.717, 1.165) is 0 Å². The maximum Gasteiger partial charge on any atom is 0.142 e. The molecule has 0 aromatic heterocycles. The molecule has 6 heteroatoms. The van der Waals surface area contributed by atoms with E-state index in [-0.39, 0.29) is 10.0 Å². The fourth-order valence-electron chi connectivity index (χ4n) is 0.998. The van der Waals surface area contributed by atoms with Crippen molar-refractivity contribution in [1.29, 1.82) is 0 Å². The summed E-state index contributed by atoms with van der Waals surface area (Å²) in [5.41, 5.74) is 8.63. The number of halogens is 3. The van der Waals surface area contributed by atoms with E-state index >= 15 is 0 Å². The zero-order valence-corrected chi connectivity index (χ0v) is 8.72. The summed E-state index contributed by atoms with van der Waals surface area (Å²) in [5.74, 6) is -0.578. The van der Waals surface area contributed by atoms with E-state index in [1.807, 2.05) is 0 Å². The first-order chi connectivity index (χ1) is 6.56. The number of hydrogen-bond donors (Lipinski definition) is 0. The molecule has 74 valence electrons. The van der Waals surface area contributed by atoms with Crippen molar-refractivity contribution < 1.29 is 4.39 Å². The van der Waals surface area contributed by atoms with Gasteiger partial charge in [-0.2, -0.15) is 0 Å². The number of nitrogens with zero attached hydrogens (tertiary/aromatic N) is 3. The predicted molar refractivity (Wildman–Crippen MR) is 54.0 cm³/mol. The Morgan fingerprint density at radius 2 is 2.07 bits per heavy atom. The van der Waals surface area contributed by atoms with Crippen molar-refractivity contribution in [2.24, 2.45) is 5.11 Å². The van der Waals surface area contributed by atoms with Gasteiger partial charge in [0.15, 0.2) is 0 Å². The summed E-state index contributed by atoms with van der Waals surface area (Å²) in [6.45, 7) is 1.62. The van der Waals surface area contributed by atoms with Gasteiger partial charge in [0.2, 0.25) is 0 Å². The lowest BCUT2D eigenvalue weighted by atomic mass is 10.1. The molecule has 0 heterocycles. The van der Waals surface area contributed by atoms with Gasteiger partial charge in [-0.25, -0.2) is 4.39 Å². The Hall–Kier alpha value is -0.960. The molecule has 1 atom stereocenters. The number of rotatable bonds is 2. The molecule has 0 N–H and O–H groups in total. The smallest absolute Gasteiger partial charge is 0.142 e. The molecule has 0 saturated carbocycles. The minimum Gasteiger partial charge on any atom is -0.205 e. The van der Waals surface area contributed by atoms with Crippen LogP contribution < -0.4 is 0 Å². The highest BCUT2D eigenvalue weighted by Crippen LogP contribution is 2.30. The fraction of sp³-hybridized carbons (Fsp3) is 0.250. The van der Waals surface area contributed by atoms with E-state index < -0.39 is 11.9 Å². The zero-order chi connectivity index (χ0) is 10.7. The van der Waals surface area contributed by atoms with Crippen molar-refractivity contribution in [1.82, 2.24) is 0 Å². The molecule has 0 spiro atoms. The van der Waals surface area contributed by atoms with Gasteiger partial charge in [-0.3, -0.25) is 0 Å². The van der Waals surface area contributed by atoms with Crippen LogP contribution in [0.1, 0.15) is 18.5 Å². The Morgan fingerprint density at radius 1 is 1.43 bits per heavy atom. The molecular weight excluding hydrogens is 228 g/mol. The lowest BCUT2D eigenvalue weighted by molar-refractivity contribution is 0.622. The summed E-state index contributed by atoms with van der Waals surface area (Å²) in [5, 5.41) is 3.65. The third-order valence-electron chi connectivity index (χ3n) is 1.71. The summed E-state index contributed by atoms with van der Waals surface area (Å²) in [4.78, 5) is 2.62. The van der Waals surface area contributed by atoms with Crippen LogP contribution in [0, 0.1) is 5.82 Å². The SMILES string of the molecule is C[C@H](N=[N+]=[N-])c1cc(F)c(Cl)cc1Cl. The van der Waals surface area contributed by atoms with Gasteiger partial charge in [-0.15, -0.1) is 0 Å². The summed E-state index contributed by atoms with van der Waals surface area (Å²) in [7, 11) is 0. The number of hydrogen-bond acceptors (Lipinski definition) is 1. The predicted octanol–water partition coefficient (Wildman–Crippen LogP) is 4.50. The van der Waals surface area contributed by atoms with Gasteiger partial charge < -0.3 is 0 Å². The van der Waals surface area contributed by atoms with Gasteiger partial charge in [0.05, 0.1) is 11.1 Å². The summed E-state index contributed by atoms with van der Waals surface area (Å²) < 4.78 is 13.0. The van der Waals surface area contributed by atoms with Gasteiger partial charge in [0.25, 0.3) is 0 Å². The molecule has 3 nitrogen and oxygen atoms in total. The van der Waals surface area contributed by atoms with Crippen LogP contribution in [0.25, 0.3) is 10.4 Å². The minimum atomic E-state index is -0.578. The second-order valence-electron chi connectivity index (χ2n) is 2.67. The maximum absolute atomic E-state index is 13.0. The molecule has 0 aliphatic heterocycles. The van der Waals surface area contributed by atoms with Crippen molar-refractivity contribution in [3.8, 4) is 0 Å². The summed E-state index contributed by atoms with van der Waals surface area (Å²) in [6.07, 6.45) is 0. The molecule has 0 aliphatic carbocycles. The van der Waals surface area contributed by atoms with Gasteiger partial charge >= 0.3 is 0 Å². The normalized spacial score (nSPS) is 12.0. The first-order valence-corrected chi connectivity index (χ1v) is 4.50. The van der Waals surface area contributed by atoms with Gasteiger partial charge in [0, 0.05) is 9.93 Å². The lowest BCUT2D eigenvalue weighted by Gasteiger charge is -2.08. The van der Waals surface area contributed by atoms with E-state index in [1.54, 1.807) is 6.92 Å². The van der Waals surface area contributed by atoms with Crippen LogP contribution in [-0.4, -0.2) is 0 Å². The average molecular weight is 234 g/mol. The second-order valence-corrected chi connectivity index (χ2v) is 3.48. The standard InChI is InChI=1S/C8H6Cl2FN3/c1-4(13-14-12)5-2-8(11)7(10)3-6(5)9/h2-4H,1H3/t4-/m0/s1. The van der Waals surface area contributed by atoms with Crippen LogP contribution in [0.4, 0.5) is 4.39 Å². The topological polar surface area (TPSA) is 48.8 Å². The van der Waals surface area contributed by atoms with Crippen LogP contribution in [0.2, 0.25) is 10.0 Å². The molecule has 1 rings (SSSR count). The largest absolute Gasteiger partial charge is 0.205 e. The van der Waals surface area contributed by atoms with Crippen LogP contribution in [0.3, 0.4) is 0 Å². The minimum absolute atomic E-state index is 0.0492. The van der Waals surface area contributed by atoms with E-state index in [1.165, 1.54) is 12.1 Å². The van der Waals surface area contributed by atoms with Crippen LogP contribution in [0.15, 0.2) is 17.2 Å². The number of azide groups is 1. The Balaban J connectivity index is 3.21. The summed E-state index contributed by atoms with van der Waals surface area (Å²) >= 11 is 11.3. The Morgan fingerprint density at radius 3 is 2.64 bits per heavy atom. The Kier molecular flexibility index (Phi) is 3.58. The fourth-order valence-corrected chi connectivity index (χ4v) is 1.54. The molecule has 14 heavy (non-hydrogen) atoms. The van der Waals surface area contributed by atoms with Crippen molar-refractivity contribution in [3.63, 3.8) is 0 Å². The molecule has 0 aliphatic rings. The van der Waals surface area contributed by atoms with Crippen LogP contribution in [0.5, 0.6) is 0 Å². The van der Waals surface area contributed by atoms with Crippen molar-refractivity contribution >= 4 is 23.2 Å². The van der Waals surface area contributed by atoms with E-state index in [9.17, 15) is 4.39 Å². The van der Waals surface area contributed by atoms with Gasteiger partial charge in [-0.1, -0.05) is 35.2 Å². The highest BCUT2D eigenvalue weighted by Gasteiger charge is 2.11. The molecule has 0 bridgehead atoms. The van der Waals surface area contributed by atoms with Gasteiger partial charge in [-0.05, 0) is 23.2 Å². The van der Waals surface area contributed by atoms with E-state index in [4.69, 9.17) is 28.7 Å². The van der Waals surface area contributed by atoms with Crippen LogP contribution >= 0.6 is 23.2 Å². The Labute approximate surface area is 90.1 Å². The quantitative estimate of drug-likeness (QED) is 0.313. The Bertz CT molecular complexity index is 402. The molecule has 1 aromatic rings. The highest BCUT2D eigenvalue weighted by atomic mass is 35.5. The first kappa shape index (κ1) is 11.1. The zero-order valence-electron chi connectivity index (χ0n) is 7.21. The van der Waals surface area contributed by atoms with E-state index in [2.05, 4.69) is 10.0 Å². The lowest BCUT2D eigenvalue weighted by Crippen LogP contribution is -1.92.